The first-order valence-corrected chi connectivity index (χ1v) is 9.52. The smallest absolute Gasteiger partial charge is 0.270 e. The highest BCUT2D eigenvalue weighted by molar-refractivity contribution is 6.04. The van der Waals surface area contributed by atoms with E-state index in [2.05, 4.69) is 20.6 Å². The molecule has 152 valence electrons. The van der Waals surface area contributed by atoms with Gasteiger partial charge in [-0.05, 0) is 25.0 Å². The van der Waals surface area contributed by atoms with Gasteiger partial charge >= 0.3 is 0 Å². The third-order valence-electron chi connectivity index (χ3n) is 4.91. The molecular formula is C20H23FN6O2. The van der Waals surface area contributed by atoms with Crippen molar-refractivity contribution in [3.05, 3.63) is 69.5 Å². The molecule has 0 saturated heterocycles. The highest BCUT2D eigenvalue weighted by Crippen LogP contribution is 2.27. The summed E-state index contributed by atoms with van der Waals surface area (Å²) < 4.78 is 13.7. The molecule has 1 aliphatic rings. The van der Waals surface area contributed by atoms with E-state index in [9.17, 15) is 14.5 Å². The Morgan fingerprint density at radius 3 is 2.66 bits per heavy atom. The van der Waals surface area contributed by atoms with Crippen molar-refractivity contribution in [3.8, 4) is 0 Å². The number of hydrazone groups is 1. The third-order valence-corrected chi connectivity index (χ3v) is 4.91. The number of azo groups is 1. The van der Waals surface area contributed by atoms with E-state index >= 15 is 0 Å². The maximum Gasteiger partial charge on any atom is 0.270 e. The van der Waals surface area contributed by atoms with Gasteiger partial charge in [0.2, 0.25) is 5.84 Å². The van der Waals surface area contributed by atoms with Crippen molar-refractivity contribution in [1.29, 1.82) is 0 Å². The molecule has 0 unspecified atom stereocenters. The summed E-state index contributed by atoms with van der Waals surface area (Å²) >= 11 is 0. The number of hydrogen-bond acceptors (Lipinski definition) is 6. The van der Waals surface area contributed by atoms with Crippen LogP contribution in [0.25, 0.3) is 0 Å². The summed E-state index contributed by atoms with van der Waals surface area (Å²) in [5, 5.41) is 26.3. The molecule has 2 aromatic rings. The van der Waals surface area contributed by atoms with E-state index in [4.69, 9.17) is 5.84 Å². The van der Waals surface area contributed by atoms with Crippen LogP contribution in [0.5, 0.6) is 0 Å². The number of anilines is 1. The van der Waals surface area contributed by atoms with Crippen molar-refractivity contribution in [2.75, 3.05) is 5.32 Å². The minimum Gasteiger partial charge on any atom is -0.382 e. The van der Waals surface area contributed by atoms with Crippen LogP contribution in [0.15, 0.2) is 57.8 Å². The Morgan fingerprint density at radius 1 is 1.21 bits per heavy atom. The molecule has 2 aromatic carbocycles. The van der Waals surface area contributed by atoms with Gasteiger partial charge in [0.05, 0.1) is 17.0 Å². The zero-order valence-corrected chi connectivity index (χ0v) is 15.9. The zero-order chi connectivity index (χ0) is 20.6. The van der Waals surface area contributed by atoms with E-state index < -0.39 is 4.92 Å². The number of amidine groups is 1. The van der Waals surface area contributed by atoms with E-state index in [1.807, 2.05) is 0 Å². The van der Waals surface area contributed by atoms with Gasteiger partial charge in [-0.25, -0.2) is 4.39 Å². The Bertz CT molecular complexity index is 925. The van der Waals surface area contributed by atoms with Gasteiger partial charge in [-0.1, -0.05) is 37.5 Å². The number of nitrogens with zero attached hydrogens (tertiary/aromatic N) is 4. The fraction of sp³-hybridized carbons (Fsp3) is 0.350. The van der Waals surface area contributed by atoms with Gasteiger partial charge in [0.15, 0.2) is 0 Å². The lowest BCUT2D eigenvalue weighted by atomic mass is 9.95. The Kier molecular flexibility index (Phi) is 6.83. The molecule has 1 saturated carbocycles. The number of hydrogen-bond donors (Lipinski definition) is 2. The zero-order valence-electron chi connectivity index (χ0n) is 15.9. The Hall–Kier alpha value is -3.36. The molecule has 0 aliphatic heterocycles. The number of non-ortho nitro benzene ring substituents is 1. The van der Waals surface area contributed by atoms with Gasteiger partial charge in [0.1, 0.15) is 5.82 Å². The van der Waals surface area contributed by atoms with Crippen LogP contribution in [0.4, 0.5) is 15.8 Å². The summed E-state index contributed by atoms with van der Waals surface area (Å²) in [6.07, 6.45) is 5.55. The van der Waals surface area contributed by atoms with E-state index in [-0.39, 0.29) is 29.9 Å². The summed E-state index contributed by atoms with van der Waals surface area (Å²) in [5.41, 5.74) is 1.34. The highest BCUT2D eigenvalue weighted by atomic mass is 19.1. The van der Waals surface area contributed by atoms with Crippen LogP contribution in [-0.4, -0.2) is 16.8 Å². The van der Waals surface area contributed by atoms with Crippen molar-refractivity contribution < 1.29 is 9.31 Å². The predicted molar refractivity (Wildman–Crippen MR) is 109 cm³/mol. The minimum atomic E-state index is -0.488. The van der Waals surface area contributed by atoms with Gasteiger partial charge < -0.3 is 11.2 Å². The average Bonchev–Trinajstić information content (AvgIpc) is 2.73. The van der Waals surface area contributed by atoms with Crippen LogP contribution in [0, 0.1) is 15.9 Å². The van der Waals surface area contributed by atoms with Crippen LogP contribution in [-0.2, 0) is 6.54 Å². The summed E-state index contributed by atoms with van der Waals surface area (Å²) in [5.74, 6) is 5.17. The summed E-state index contributed by atoms with van der Waals surface area (Å²) in [7, 11) is 0. The molecule has 8 nitrogen and oxygen atoms in total. The van der Waals surface area contributed by atoms with Crippen LogP contribution in [0.3, 0.4) is 0 Å². The molecule has 0 atom stereocenters. The Balaban J connectivity index is 1.85. The molecule has 3 rings (SSSR count). The molecule has 0 spiro atoms. The molecule has 9 heteroatoms. The number of rotatable bonds is 6. The summed E-state index contributed by atoms with van der Waals surface area (Å²) in [6, 6.07) is 11.0. The minimum absolute atomic E-state index is 0.00596. The molecule has 0 bridgehead atoms. The number of nitrogens with two attached hydrogens (primary N) is 1. The third kappa shape index (κ3) is 5.34. The first-order chi connectivity index (χ1) is 14.1. The van der Waals surface area contributed by atoms with Gasteiger partial charge in [0, 0.05) is 29.4 Å². The Morgan fingerprint density at radius 2 is 1.97 bits per heavy atom. The van der Waals surface area contributed by atoms with Gasteiger partial charge in [-0.3, -0.25) is 10.1 Å². The second-order valence-electron chi connectivity index (χ2n) is 6.91. The van der Waals surface area contributed by atoms with Crippen LogP contribution in [0.2, 0.25) is 0 Å². The predicted octanol–water partition coefficient (Wildman–Crippen LogP) is 4.75. The average molecular weight is 398 g/mol. The van der Waals surface area contributed by atoms with Crippen LogP contribution < -0.4 is 11.2 Å². The SMILES string of the molecule is N/N=C(\N=NCc1ccccc1F)c1cc([N+](=O)[O-])ccc1NC1CCCCC1. The van der Waals surface area contributed by atoms with Crippen molar-refractivity contribution in [2.45, 2.75) is 44.7 Å². The normalized spacial score (nSPS) is 15.6. The van der Waals surface area contributed by atoms with Crippen molar-refractivity contribution in [3.63, 3.8) is 0 Å². The quantitative estimate of drug-likeness (QED) is 0.182. The first-order valence-electron chi connectivity index (χ1n) is 9.52. The fourth-order valence-electron chi connectivity index (χ4n) is 3.38. The number of nitro groups is 1. The highest BCUT2D eigenvalue weighted by Gasteiger charge is 2.19. The van der Waals surface area contributed by atoms with Crippen molar-refractivity contribution >= 4 is 17.2 Å². The Labute approximate surface area is 167 Å². The molecular weight excluding hydrogens is 375 g/mol. The molecule has 3 N–H and O–H groups in total. The molecule has 0 radical (unpaired) electrons. The van der Waals surface area contributed by atoms with Crippen molar-refractivity contribution in [2.24, 2.45) is 21.2 Å². The van der Waals surface area contributed by atoms with E-state index in [1.54, 1.807) is 24.3 Å². The monoisotopic (exact) mass is 398 g/mol. The maximum atomic E-state index is 13.7. The number of benzene rings is 2. The fourth-order valence-corrected chi connectivity index (χ4v) is 3.38. The van der Waals surface area contributed by atoms with E-state index in [0.717, 1.165) is 25.7 Å². The summed E-state index contributed by atoms with van der Waals surface area (Å²) in [6.45, 7) is 0.00596. The lowest BCUT2D eigenvalue weighted by Gasteiger charge is -2.24. The number of nitro benzene ring substituents is 1. The molecule has 0 heterocycles. The largest absolute Gasteiger partial charge is 0.382 e. The summed E-state index contributed by atoms with van der Waals surface area (Å²) in [4.78, 5) is 10.7. The lowest BCUT2D eigenvalue weighted by Crippen LogP contribution is -2.23. The molecule has 29 heavy (non-hydrogen) atoms. The molecule has 0 amide bonds. The first kappa shape index (κ1) is 20.4. The standard InChI is InChI=1S/C20H23FN6O2/c21-18-9-5-4-6-14(18)13-23-26-20(25-22)17-12-16(27(28)29)10-11-19(17)24-15-7-2-1-3-8-15/h4-6,9-12,15,24H,1-3,7-8,13,22H2/b25-20-,26-23?. The van der Waals surface area contributed by atoms with Gasteiger partial charge in [-0.2, -0.15) is 10.2 Å². The second kappa shape index (κ2) is 9.72. The van der Waals surface area contributed by atoms with Gasteiger partial charge in [-0.15, -0.1) is 5.11 Å². The topological polar surface area (TPSA) is 118 Å². The maximum absolute atomic E-state index is 13.7. The van der Waals surface area contributed by atoms with Crippen molar-refractivity contribution in [1.82, 2.24) is 0 Å². The van der Waals surface area contributed by atoms with Crippen LogP contribution >= 0.6 is 0 Å². The second-order valence-corrected chi connectivity index (χ2v) is 6.91. The lowest BCUT2D eigenvalue weighted by molar-refractivity contribution is -0.384. The van der Waals surface area contributed by atoms with E-state index in [0.29, 0.717) is 16.8 Å². The number of nitrogens with one attached hydrogen (secondary N) is 1. The van der Waals surface area contributed by atoms with Crippen LogP contribution in [0.1, 0.15) is 43.2 Å². The number of halogens is 1. The van der Waals surface area contributed by atoms with E-state index in [1.165, 1.54) is 24.6 Å². The van der Waals surface area contributed by atoms with Gasteiger partial charge in [0.25, 0.3) is 5.69 Å². The molecule has 1 fully saturated rings. The molecule has 0 aromatic heterocycles. The molecule has 1 aliphatic carbocycles.